The average molecular weight is 280 g/mol. The maximum absolute atomic E-state index is 12.4. The molecule has 0 aromatic heterocycles. The summed E-state index contributed by atoms with van der Waals surface area (Å²) in [7, 11) is 1.58. The van der Waals surface area contributed by atoms with Gasteiger partial charge in [-0.25, -0.2) is 0 Å². The van der Waals surface area contributed by atoms with Crippen molar-refractivity contribution in [1.29, 1.82) is 0 Å². The summed E-state index contributed by atoms with van der Waals surface area (Å²) in [6.45, 7) is 5.00. The fourth-order valence-corrected chi connectivity index (χ4v) is 1.79. The lowest BCUT2D eigenvalue weighted by molar-refractivity contribution is 0.0754. The van der Waals surface area contributed by atoms with Gasteiger partial charge >= 0.3 is 0 Å². The number of ether oxygens (including phenoxy) is 1. The fraction of sp³-hybridized carbons (Fsp3) is 0.429. The number of nitrogens with zero attached hydrogens (tertiary/aromatic N) is 1. The fourth-order valence-electron chi connectivity index (χ4n) is 1.71. The molecule has 0 heterocycles. The molecule has 0 saturated carbocycles. The highest BCUT2D eigenvalue weighted by atomic mass is 32.1. The Labute approximate surface area is 119 Å². The minimum absolute atomic E-state index is 0.00417. The molecule has 1 amide bonds. The summed E-state index contributed by atoms with van der Waals surface area (Å²) in [4.78, 5) is 14.6. The minimum Gasteiger partial charge on any atom is -0.497 e. The Hall–Kier alpha value is -1.62. The van der Waals surface area contributed by atoms with E-state index in [0.29, 0.717) is 29.4 Å². The summed E-state index contributed by atoms with van der Waals surface area (Å²) in [5.41, 5.74) is 6.20. The SMILES string of the molecule is CCN(CC(C)C(N)=S)C(=O)c1cccc(OC)c1. The van der Waals surface area contributed by atoms with Crippen LogP contribution in [0.2, 0.25) is 0 Å². The van der Waals surface area contributed by atoms with Gasteiger partial charge in [0, 0.05) is 24.6 Å². The van der Waals surface area contributed by atoms with E-state index in [1.807, 2.05) is 19.9 Å². The van der Waals surface area contributed by atoms with Crippen LogP contribution >= 0.6 is 12.2 Å². The summed E-state index contributed by atoms with van der Waals surface area (Å²) in [6, 6.07) is 7.12. The van der Waals surface area contributed by atoms with E-state index in [4.69, 9.17) is 22.7 Å². The van der Waals surface area contributed by atoms with E-state index in [1.165, 1.54) is 0 Å². The van der Waals surface area contributed by atoms with E-state index in [9.17, 15) is 4.79 Å². The summed E-state index contributed by atoms with van der Waals surface area (Å²) in [5, 5.41) is 0. The quantitative estimate of drug-likeness (QED) is 0.811. The van der Waals surface area contributed by atoms with Gasteiger partial charge in [0.05, 0.1) is 12.1 Å². The van der Waals surface area contributed by atoms with Gasteiger partial charge in [-0.15, -0.1) is 0 Å². The second-order valence-corrected chi connectivity index (χ2v) is 4.85. The molecule has 0 aliphatic heterocycles. The van der Waals surface area contributed by atoms with E-state index in [2.05, 4.69) is 0 Å². The number of benzene rings is 1. The molecule has 4 nitrogen and oxygen atoms in total. The van der Waals surface area contributed by atoms with E-state index in [1.54, 1.807) is 30.2 Å². The van der Waals surface area contributed by atoms with Gasteiger partial charge in [0.15, 0.2) is 0 Å². The summed E-state index contributed by atoms with van der Waals surface area (Å²) in [5.74, 6) is 0.637. The number of amides is 1. The van der Waals surface area contributed by atoms with Crippen LogP contribution in [0, 0.1) is 5.92 Å². The predicted octanol–water partition coefficient (Wildman–Crippen LogP) is 2.08. The van der Waals surface area contributed by atoms with Crippen LogP contribution in [-0.4, -0.2) is 36.0 Å². The lowest BCUT2D eigenvalue weighted by atomic mass is 10.1. The molecule has 5 heteroatoms. The van der Waals surface area contributed by atoms with Crippen molar-refractivity contribution in [3.63, 3.8) is 0 Å². The molecule has 104 valence electrons. The van der Waals surface area contributed by atoms with Gasteiger partial charge in [-0.2, -0.15) is 0 Å². The van der Waals surface area contributed by atoms with Crippen LogP contribution in [0.5, 0.6) is 5.75 Å². The summed E-state index contributed by atoms with van der Waals surface area (Å²) >= 11 is 4.95. The highest BCUT2D eigenvalue weighted by Crippen LogP contribution is 2.15. The van der Waals surface area contributed by atoms with E-state index in [0.717, 1.165) is 0 Å². The zero-order valence-corrected chi connectivity index (χ0v) is 12.4. The van der Waals surface area contributed by atoms with Gasteiger partial charge in [-0.1, -0.05) is 25.2 Å². The molecule has 1 atom stereocenters. The van der Waals surface area contributed by atoms with E-state index >= 15 is 0 Å². The van der Waals surface area contributed by atoms with Crippen LogP contribution in [0.4, 0.5) is 0 Å². The van der Waals surface area contributed by atoms with Gasteiger partial charge in [0.1, 0.15) is 5.75 Å². The second-order valence-electron chi connectivity index (χ2n) is 4.38. The standard InChI is InChI=1S/C14H20N2O2S/c1-4-16(9-10(2)13(15)19)14(17)11-6-5-7-12(8-11)18-3/h5-8,10H,4,9H2,1-3H3,(H2,15,19). The number of nitrogens with two attached hydrogens (primary N) is 1. The van der Waals surface area contributed by atoms with Crippen LogP contribution in [0.15, 0.2) is 24.3 Å². The zero-order chi connectivity index (χ0) is 14.4. The molecule has 19 heavy (non-hydrogen) atoms. The van der Waals surface area contributed by atoms with Crippen LogP contribution in [0.25, 0.3) is 0 Å². The molecule has 0 saturated heterocycles. The van der Waals surface area contributed by atoms with Crippen molar-refractivity contribution in [2.45, 2.75) is 13.8 Å². The highest BCUT2D eigenvalue weighted by molar-refractivity contribution is 7.80. The first kappa shape index (κ1) is 15.4. The Kier molecular flexibility index (Phi) is 5.76. The molecular formula is C14H20N2O2S. The Morgan fingerprint density at radius 2 is 2.21 bits per heavy atom. The Bertz CT molecular complexity index is 463. The first-order chi connectivity index (χ1) is 8.99. The number of carbonyl (C=O) groups is 1. The first-order valence-corrected chi connectivity index (χ1v) is 6.63. The molecule has 0 spiro atoms. The van der Waals surface area contributed by atoms with Crippen molar-refractivity contribution in [3.8, 4) is 5.75 Å². The average Bonchev–Trinajstić information content (AvgIpc) is 2.43. The molecule has 0 fully saturated rings. The number of methoxy groups -OCH3 is 1. The normalized spacial score (nSPS) is 11.7. The molecule has 1 aromatic carbocycles. The van der Waals surface area contributed by atoms with Crippen molar-refractivity contribution in [2.75, 3.05) is 20.2 Å². The van der Waals surface area contributed by atoms with E-state index < -0.39 is 0 Å². The Morgan fingerprint density at radius 3 is 2.74 bits per heavy atom. The topological polar surface area (TPSA) is 55.6 Å². The number of carbonyl (C=O) groups excluding carboxylic acids is 1. The van der Waals surface area contributed by atoms with E-state index in [-0.39, 0.29) is 11.8 Å². The van der Waals surface area contributed by atoms with Crippen LogP contribution in [0.3, 0.4) is 0 Å². The lowest BCUT2D eigenvalue weighted by Gasteiger charge is -2.24. The van der Waals surface area contributed by atoms with Gasteiger partial charge in [0.25, 0.3) is 5.91 Å². The predicted molar refractivity (Wildman–Crippen MR) is 80.5 cm³/mol. The third kappa shape index (κ3) is 4.21. The summed E-state index contributed by atoms with van der Waals surface area (Å²) in [6.07, 6.45) is 0. The maximum atomic E-state index is 12.4. The number of thiocarbonyl (C=S) groups is 1. The third-order valence-electron chi connectivity index (χ3n) is 2.97. The monoisotopic (exact) mass is 280 g/mol. The molecule has 0 aliphatic carbocycles. The summed E-state index contributed by atoms with van der Waals surface area (Å²) < 4.78 is 5.13. The zero-order valence-electron chi connectivity index (χ0n) is 11.6. The second kappa shape index (κ2) is 7.09. The molecular weight excluding hydrogens is 260 g/mol. The molecule has 0 bridgehead atoms. The third-order valence-corrected chi connectivity index (χ3v) is 3.37. The van der Waals surface area contributed by atoms with Crippen LogP contribution in [0.1, 0.15) is 24.2 Å². The van der Waals surface area contributed by atoms with Crippen molar-refractivity contribution >= 4 is 23.1 Å². The molecule has 0 radical (unpaired) electrons. The number of hydrogen-bond donors (Lipinski definition) is 1. The van der Waals surface area contributed by atoms with Gasteiger partial charge in [-0.3, -0.25) is 4.79 Å². The highest BCUT2D eigenvalue weighted by Gasteiger charge is 2.18. The van der Waals surface area contributed by atoms with Crippen molar-refractivity contribution in [2.24, 2.45) is 11.7 Å². The number of rotatable bonds is 6. The van der Waals surface area contributed by atoms with Crippen molar-refractivity contribution in [3.05, 3.63) is 29.8 Å². The maximum Gasteiger partial charge on any atom is 0.253 e. The smallest absolute Gasteiger partial charge is 0.253 e. The molecule has 1 rings (SSSR count). The molecule has 2 N–H and O–H groups in total. The number of hydrogen-bond acceptors (Lipinski definition) is 3. The molecule has 1 aromatic rings. The molecule has 0 aliphatic rings. The molecule has 1 unspecified atom stereocenters. The van der Waals surface area contributed by atoms with Gasteiger partial charge in [-0.05, 0) is 25.1 Å². The minimum atomic E-state index is -0.0375. The lowest BCUT2D eigenvalue weighted by Crippen LogP contribution is -2.38. The van der Waals surface area contributed by atoms with Crippen molar-refractivity contribution in [1.82, 2.24) is 4.90 Å². The Morgan fingerprint density at radius 1 is 1.53 bits per heavy atom. The Balaban J connectivity index is 2.85. The van der Waals surface area contributed by atoms with Gasteiger partial charge in [0.2, 0.25) is 0 Å². The van der Waals surface area contributed by atoms with Crippen molar-refractivity contribution < 1.29 is 9.53 Å². The van der Waals surface area contributed by atoms with Crippen LogP contribution in [-0.2, 0) is 0 Å². The van der Waals surface area contributed by atoms with Crippen LogP contribution < -0.4 is 10.5 Å². The van der Waals surface area contributed by atoms with Gasteiger partial charge < -0.3 is 15.4 Å². The first-order valence-electron chi connectivity index (χ1n) is 6.22. The largest absolute Gasteiger partial charge is 0.497 e.